The summed E-state index contributed by atoms with van der Waals surface area (Å²) in [5, 5.41) is 2.86. The summed E-state index contributed by atoms with van der Waals surface area (Å²) in [7, 11) is 0. The van der Waals surface area contributed by atoms with Gasteiger partial charge in [-0.3, -0.25) is 0 Å². The van der Waals surface area contributed by atoms with Crippen LogP contribution >= 0.6 is 0 Å². The molecule has 1 unspecified atom stereocenters. The zero-order valence-electron chi connectivity index (χ0n) is 7.03. The number of piperidine rings is 1. The topological polar surface area (TPSA) is 12.0 Å². The van der Waals surface area contributed by atoms with Gasteiger partial charge in [-0.1, -0.05) is 13.8 Å². The maximum absolute atomic E-state index is 13.1. The molecule has 0 spiro atoms. The number of rotatable bonds is 1. The second-order valence-corrected chi connectivity index (χ2v) is 3.54. The molecule has 0 bridgehead atoms. The number of nitrogens with one attached hydrogen (secondary N) is 1. The first-order valence-corrected chi connectivity index (χ1v) is 4.15. The standard InChI is InChI=1S/C8H15F2N/c1-6(2)7-8(9,10)4-3-5-11-7/h6-7,11H,3-5H2,1-2H3. The number of halogens is 2. The van der Waals surface area contributed by atoms with Crippen LogP contribution in [-0.2, 0) is 0 Å². The Hall–Kier alpha value is -0.180. The lowest BCUT2D eigenvalue weighted by Gasteiger charge is -2.34. The second kappa shape index (κ2) is 3.05. The van der Waals surface area contributed by atoms with Crippen molar-refractivity contribution in [2.45, 2.75) is 38.7 Å². The minimum atomic E-state index is -2.49. The lowest BCUT2D eigenvalue weighted by Crippen LogP contribution is -2.52. The van der Waals surface area contributed by atoms with Crippen LogP contribution in [0.25, 0.3) is 0 Å². The van der Waals surface area contributed by atoms with Crippen molar-refractivity contribution in [1.82, 2.24) is 5.32 Å². The van der Waals surface area contributed by atoms with Gasteiger partial charge in [-0.25, -0.2) is 8.78 Å². The van der Waals surface area contributed by atoms with E-state index in [1.54, 1.807) is 0 Å². The molecule has 1 atom stereocenters. The Bertz CT molecular complexity index is 134. The minimum Gasteiger partial charge on any atom is -0.308 e. The van der Waals surface area contributed by atoms with Crippen molar-refractivity contribution in [2.75, 3.05) is 6.54 Å². The van der Waals surface area contributed by atoms with Crippen LogP contribution < -0.4 is 5.32 Å². The Balaban J connectivity index is 2.60. The lowest BCUT2D eigenvalue weighted by molar-refractivity contribution is -0.0740. The molecule has 1 N–H and O–H groups in total. The third-order valence-corrected chi connectivity index (χ3v) is 2.17. The van der Waals surface area contributed by atoms with Crippen molar-refractivity contribution in [3.63, 3.8) is 0 Å². The first-order chi connectivity index (χ1) is 5.04. The van der Waals surface area contributed by atoms with Crippen molar-refractivity contribution in [3.05, 3.63) is 0 Å². The first kappa shape index (κ1) is 8.91. The number of hydrogen-bond donors (Lipinski definition) is 1. The van der Waals surface area contributed by atoms with Gasteiger partial charge in [0.15, 0.2) is 0 Å². The van der Waals surface area contributed by atoms with Gasteiger partial charge in [0.1, 0.15) is 0 Å². The molecule has 1 rings (SSSR count). The highest BCUT2D eigenvalue weighted by molar-refractivity contribution is 4.89. The van der Waals surface area contributed by atoms with Gasteiger partial charge >= 0.3 is 0 Å². The van der Waals surface area contributed by atoms with E-state index in [2.05, 4.69) is 5.32 Å². The minimum absolute atomic E-state index is 0.0188. The third-order valence-electron chi connectivity index (χ3n) is 2.17. The Labute approximate surface area is 66.2 Å². The van der Waals surface area contributed by atoms with Crippen LogP contribution in [0.15, 0.2) is 0 Å². The average Bonchev–Trinajstić information content (AvgIpc) is 1.85. The third kappa shape index (κ3) is 1.89. The van der Waals surface area contributed by atoms with Crippen LogP contribution in [0.4, 0.5) is 8.78 Å². The summed E-state index contributed by atoms with van der Waals surface area (Å²) >= 11 is 0. The molecule has 0 aromatic heterocycles. The summed E-state index contributed by atoms with van der Waals surface area (Å²) < 4.78 is 26.1. The molecule has 0 aromatic rings. The fourth-order valence-electron chi connectivity index (χ4n) is 1.61. The molecular formula is C8H15F2N. The van der Waals surface area contributed by atoms with E-state index in [4.69, 9.17) is 0 Å². The van der Waals surface area contributed by atoms with Crippen LogP contribution in [0.2, 0.25) is 0 Å². The van der Waals surface area contributed by atoms with Crippen molar-refractivity contribution in [2.24, 2.45) is 5.92 Å². The first-order valence-electron chi connectivity index (χ1n) is 4.15. The van der Waals surface area contributed by atoms with Gasteiger partial charge in [0.05, 0.1) is 6.04 Å². The zero-order valence-corrected chi connectivity index (χ0v) is 7.03. The van der Waals surface area contributed by atoms with Crippen LogP contribution in [-0.4, -0.2) is 18.5 Å². The predicted octanol–water partition coefficient (Wildman–Crippen LogP) is 2.03. The van der Waals surface area contributed by atoms with Crippen molar-refractivity contribution < 1.29 is 8.78 Å². The maximum atomic E-state index is 13.1. The largest absolute Gasteiger partial charge is 0.308 e. The van der Waals surface area contributed by atoms with Gasteiger partial charge < -0.3 is 5.32 Å². The van der Waals surface area contributed by atoms with Crippen molar-refractivity contribution >= 4 is 0 Å². The Kier molecular flexibility index (Phi) is 2.47. The van der Waals surface area contributed by atoms with Gasteiger partial charge in [0.25, 0.3) is 5.92 Å². The second-order valence-electron chi connectivity index (χ2n) is 3.54. The average molecular weight is 163 g/mol. The predicted molar refractivity (Wildman–Crippen MR) is 40.8 cm³/mol. The molecule has 1 nitrogen and oxygen atoms in total. The van der Waals surface area contributed by atoms with Gasteiger partial charge in [0, 0.05) is 6.42 Å². The summed E-state index contributed by atoms with van der Waals surface area (Å²) in [6.45, 7) is 4.40. The van der Waals surface area contributed by atoms with Crippen molar-refractivity contribution in [3.8, 4) is 0 Å². The quantitative estimate of drug-likeness (QED) is 0.623. The fraction of sp³-hybridized carbons (Fsp3) is 1.00. The Morgan fingerprint density at radius 1 is 1.45 bits per heavy atom. The van der Waals surface area contributed by atoms with Gasteiger partial charge in [0.2, 0.25) is 0 Å². The van der Waals surface area contributed by atoms with E-state index in [1.165, 1.54) is 0 Å². The Morgan fingerprint density at radius 3 is 2.45 bits per heavy atom. The highest BCUT2D eigenvalue weighted by Gasteiger charge is 2.42. The molecule has 66 valence electrons. The molecule has 0 aliphatic carbocycles. The van der Waals surface area contributed by atoms with Gasteiger partial charge in [-0.15, -0.1) is 0 Å². The molecule has 1 aliphatic rings. The van der Waals surface area contributed by atoms with Crippen LogP contribution in [0, 0.1) is 5.92 Å². The molecule has 1 heterocycles. The molecular weight excluding hydrogens is 148 g/mol. The zero-order chi connectivity index (χ0) is 8.48. The normalized spacial score (nSPS) is 30.8. The van der Waals surface area contributed by atoms with Crippen LogP contribution in [0.5, 0.6) is 0 Å². The molecule has 1 saturated heterocycles. The maximum Gasteiger partial charge on any atom is 0.263 e. The highest BCUT2D eigenvalue weighted by atomic mass is 19.3. The molecule has 0 aromatic carbocycles. The molecule has 0 amide bonds. The smallest absolute Gasteiger partial charge is 0.263 e. The van der Waals surface area contributed by atoms with E-state index in [0.717, 1.165) is 6.54 Å². The highest BCUT2D eigenvalue weighted by Crippen LogP contribution is 2.31. The van der Waals surface area contributed by atoms with Crippen LogP contribution in [0.1, 0.15) is 26.7 Å². The van der Waals surface area contributed by atoms with E-state index in [-0.39, 0.29) is 12.3 Å². The molecule has 11 heavy (non-hydrogen) atoms. The summed E-state index contributed by atoms with van der Waals surface area (Å²) in [5.74, 6) is -2.47. The molecule has 0 saturated carbocycles. The van der Waals surface area contributed by atoms with Crippen LogP contribution in [0.3, 0.4) is 0 Å². The van der Waals surface area contributed by atoms with E-state index in [0.29, 0.717) is 6.42 Å². The van der Waals surface area contributed by atoms with Gasteiger partial charge in [-0.2, -0.15) is 0 Å². The lowest BCUT2D eigenvalue weighted by atomic mass is 9.91. The van der Waals surface area contributed by atoms with E-state index in [9.17, 15) is 8.78 Å². The molecule has 1 aliphatic heterocycles. The summed E-state index contributed by atoms with van der Waals surface area (Å²) in [6.07, 6.45) is 0.638. The molecule has 1 fully saturated rings. The van der Waals surface area contributed by atoms with Gasteiger partial charge in [-0.05, 0) is 18.9 Å². The summed E-state index contributed by atoms with van der Waals surface area (Å²) in [6, 6.07) is -0.615. The Morgan fingerprint density at radius 2 is 2.09 bits per heavy atom. The van der Waals surface area contributed by atoms with E-state index >= 15 is 0 Å². The number of alkyl halides is 2. The molecule has 3 heteroatoms. The number of hydrogen-bond acceptors (Lipinski definition) is 1. The summed E-state index contributed by atoms with van der Waals surface area (Å²) in [4.78, 5) is 0. The van der Waals surface area contributed by atoms with E-state index in [1.807, 2.05) is 13.8 Å². The summed E-state index contributed by atoms with van der Waals surface area (Å²) in [5.41, 5.74) is 0. The van der Waals surface area contributed by atoms with E-state index < -0.39 is 12.0 Å². The fourth-order valence-corrected chi connectivity index (χ4v) is 1.61. The monoisotopic (exact) mass is 163 g/mol. The van der Waals surface area contributed by atoms with Crippen molar-refractivity contribution in [1.29, 1.82) is 0 Å². The SMILES string of the molecule is CC(C)C1NCCCC1(F)F. The molecule has 0 radical (unpaired) electrons.